The molecule has 0 saturated carbocycles. The lowest BCUT2D eigenvalue weighted by Crippen LogP contribution is -2.41. The van der Waals surface area contributed by atoms with Crippen LogP contribution in [0.1, 0.15) is 0 Å². The van der Waals surface area contributed by atoms with Gasteiger partial charge in [0.15, 0.2) is 0 Å². The number of amides is 2. The molecule has 0 atom stereocenters. The number of nitrogens with one attached hydrogen (secondary N) is 1. The zero-order valence-electron chi connectivity index (χ0n) is 8.73. The van der Waals surface area contributed by atoms with Crippen LogP contribution in [0.2, 0.25) is 0 Å². The summed E-state index contributed by atoms with van der Waals surface area (Å²) in [4.78, 5) is 23.5. The Labute approximate surface area is 88.5 Å². The van der Waals surface area contributed by atoms with E-state index in [0.29, 0.717) is 13.1 Å². The average molecular weight is 216 g/mol. The van der Waals surface area contributed by atoms with Crippen LogP contribution in [0.5, 0.6) is 0 Å². The summed E-state index contributed by atoms with van der Waals surface area (Å²) in [7, 11) is 1.18. The summed E-state index contributed by atoms with van der Waals surface area (Å²) >= 11 is 0. The van der Waals surface area contributed by atoms with Gasteiger partial charge in [-0.3, -0.25) is 15.0 Å². The Morgan fingerprint density at radius 3 is 2.73 bits per heavy atom. The molecule has 0 rings (SSSR count). The Hall–Kier alpha value is -1.40. The van der Waals surface area contributed by atoms with E-state index < -0.39 is 12.0 Å². The van der Waals surface area contributed by atoms with Gasteiger partial charge in [0, 0.05) is 13.1 Å². The molecule has 0 aromatic heterocycles. The van der Waals surface area contributed by atoms with Crippen LogP contribution in [0.4, 0.5) is 4.79 Å². The van der Waals surface area contributed by atoms with Crippen molar-refractivity contribution in [3.05, 3.63) is 12.7 Å². The second kappa shape index (κ2) is 7.95. The molecule has 0 saturated heterocycles. The van der Waals surface area contributed by atoms with Crippen LogP contribution in [-0.4, -0.2) is 55.4 Å². The SMILES string of the molecule is C=CCN(CCO)CC(=O)NC(=O)OC. The lowest BCUT2D eigenvalue weighted by Gasteiger charge is -2.17. The molecule has 6 heteroatoms. The molecule has 0 aromatic carbocycles. The molecule has 6 nitrogen and oxygen atoms in total. The minimum atomic E-state index is -0.789. The number of alkyl carbamates (subject to hydrolysis) is 1. The fraction of sp³-hybridized carbons (Fsp3) is 0.556. The number of hydrogen-bond acceptors (Lipinski definition) is 5. The molecule has 2 amide bonds. The highest BCUT2D eigenvalue weighted by atomic mass is 16.5. The van der Waals surface area contributed by atoms with Gasteiger partial charge in [-0.15, -0.1) is 6.58 Å². The van der Waals surface area contributed by atoms with Crippen LogP contribution >= 0.6 is 0 Å². The molecule has 86 valence electrons. The standard InChI is InChI=1S/C9H16N2O4/c1-3-4-11(5-6-12)7-8(13)10-9(14)15-2/h3,12H,1,4-7H2,2H3,(H,10,13,14). The monoisotopic (exact) mass is 216 g/mol. The van der Waals surface area contributed by atoms with Crippen molar-refractivity contribution in [2.24, 2.45) is 0 Å². The van der Waals surface area contributed by atoms with E-state index in [1.165, 1.54) is 7.11 Å². The zero-order chi connectivity index (χ0) is 11.7. The maximum Gasteiger partial charge on any atom is 0.413 e. The van der Waals surface area contributed by atoms with Gasteiger partial charge in [0.05, 0.1) is 20.3 Å². The van der Waals surface area contributed by atoms with Crippen molar-refractivity contribution in [1.29, 1.82) is 0 Å². The van der Waals surface area contributed by atoms with Crippen LogP contribution in [0.25, 0.3) is 0 Å². The predicted molar refractivity (Wildman–Crippen MR) is 54.3 cm³/mol. The third-order valence-electron chi connectivity index (χ3n) is 1.60. The van der Waals surface area contributed by atoms with E-state index in [0.717, 1.165) is 0 Å². The van der Waals surface area contributed by atoms with E-state index in [2.05, 4.69) is 11.3 Å². The Morgan fingerprint density at radius 1 is 1.60 bits per heavy atom. The molecule has 2 N–H and O–H groups in total. The number of aliphatic hydroxyl groups excluding tert-OH is 1. The van der Waals surface area contributed by atoms with Crippen molar-refractivity contribution < 1.29 is 19.4 Å². The van der Waals surface area contributed by atoms with E-state index in [1.807, 2.05) is 5.32 Å². The fourth-order valence-corrected chi connectivity index (χ4v) is 0.966. The molecule has 0 bridgehead atoms. The number of ether oxygens (including phenoxy) is 1. The van der Waals surface area contributed by atoms with Gasteiger partial charge in [0.25, 0.3) is 0 Å². The molecule has 0 spiro atoms. The highest BCUT2D eigenvalue weighted by Crippen LogP contribution is 1.88. The van der Waals surface area contributed by atoms with E-state index in [4.69, 9.17) is 5.11 Å². The minimum Gasteiger partial charge on any atom is -0.453 e. The summed E-state index contributed by atoms with van der Waals surface area (Å²) in [6, 6.07) is 0. The predicted octanol–water partition coefficient (Wildman–Crippen LogP) is -0.651. The normalized spacial score (nSPS) is 9.80. The summed E-state index contributed by atoms with van der Waals surface area (Å²) in [5, 5.41) is 10.7. The third-order valence-corrected chi connectivity index (χ3v) is 1.60. The second-order valence-corrected chi connectivity index (χ2v) is 2.79. The zero-order valence-corrected chi connectivity index (χ0v) is 8.73. The van der Waals surface area contributed by atoms with Crippen LogP contribution in [0, 0.1) is 0 Å². The topological polar surface area (TPSA) is 78.9 Å². The highest BCUT2D eigenvalue weighted by molar-refractivity contribution is 5.92. The Bertz CT molecular complexity index is 230. The lowest BCUT2D eigenvalue weighted by atomic mass is 10.4. The average Bonchev–Trinajstić information content (AvgIpc) is 2.18. The number of methoxy groups -OCH3 is 1. The maximum absolute atomic E-state index is 11.2. The van der Waals surface area contributed by atoms with Crippen LogP contribution in [0.3, 0.4) is 0 Å². The smallest absolute Gasteiger partial charge is 0.413 e. The molecule has 0 aliphatic rings. The van der Waals surface area contributed by atoms with Crippen LogP contribution < -0.4 is 5.32 Å². The van der Waals surface area contributed by atoms with Gasteiger partial charge in [-0.1, -0.05) is 6.08 Å². The van der Waals surface area contributed by atoms with Gasteiger partial charge in [-0.25, -0.2) is 4.79 Å². The number of aliphatic hydroxyl groups is 1. The Balaban J connectivity index is 3.98. The number of carbonyl (C=O) groups is 2. The number of imide groups is 1. The van der Waals surface area contributed by atoms with Crippen molar-refractivity contribution in [1.82, 2.24) is 10.2 Å². The van der Waals surface area contributed by atoms with Gasteiger partial charge in [0.1, 0.15) is 0 Å². The molecule has 0 heterocycles. The number of nitrogens with zero attached hydrogens (tertiary/aromatic N) is 1. The fourth-order valence-electron chi connectivity index (χ4n) is 0.966. The quantitative estimate of drug-likeness (QED) is 0.577. The maximum atomic E-state index is 11.2. The van der Waals surface area contributed by atoms with Crippen molar-refractivity contribution in [2.75, 3.05) is 33.4 Å². The summed E-state index contributed by atoms with van der Waals surface area (Å²) in [6.07, 6.45) is 0.823. The summed E-state index contributed by atoms with van der Waals surface area (Å²) in [6.45, 7) is 4.30. The molecular formula is C9H16N2O4. The summed E-state index contributed by atoms with van der Waals surface area (Å²) in [5.74, 6) is -0.475. The minimum absolute atomic E-state index is 0.0156. The van der Waals surface area contributed by atoms with Crippen LogP contribution in [-0.2, 0) is 9.53 Å². The molecule has 0 unspecified atom stereocenters. The van der Waals surface area contributed by atoms with Gasteiger partial charge >= 0.3 is 6.09 Å². The first-order valence-electron chi connectivity index (χ1n) is 4.46. The van der Waals surface area contributed by atoms with E-state index in [1.54, 1.807) is 11.0 Å². The van der Waals surface area contributed by atoms with Gasteiger partial charge in [0.2, 0.25) is 5.91 Å². The first-order valence-corrected chi connectivity index (χ1v) is 4.46. The molecule has 0 fully saturated rings. The van der Waals surface area contributed by atoms with E-state index >= 15 is 0 Å². The van der Waals surface area contributed by atoms with Crippen LogP contribution in [0.15, 0.2) is 12.7 Å². The van der Waals surface area contributed by atoms with Crippen molar-refractivity contribution in [3.8, 4) is 0 Å². The van der Waals surface area contributed by atoms with Gasteiger partial charge in [-0.2, -0.15) is 0 Å². The van der Waals surface area contributed by atoms with Crippen molar-refractivity contribution in [2.45, 2.75) is 0 Å². The van der Waals surface area contributed by atoms with Gasteiger partial charge < -0.3 is 9.84 Å². The number of carbonyl (C=O) groups excluding carboxylic acids is 2. The van der Waals surface area contributed by atoms with E-state index in [-0.39, 0.29) is 13.2 Å². The van der Waals surface area contributed by atoms with E-state index in [9.17, 15) is 9.59 Å². The Morgan fingerprint density at radius 2 is 2.27 bits per heavy atom. The molecule has 15 heavy (non-hydrogen) atoms. The molecule has 0 radical (unpaired) electrons. The molecule has 0 aromatic rings. The molecular weight excluding hydrogens is 200 g/mol. The van der Waals surface area contributed by atoms with Crippen molar-refractivity contribution >= 4 is 12.0 Å². The number of rotatable bonds is 6. The first kappa shape index (κ1) is 13.6. The lowest BCUT2D eigenvalue weighted by molar-refractivity contribution is -0.121. The summed E-state index contributed by atoms with van der Waals surface area (Å²) < 4.78 is 4.26. The third kappa shape index (κ3) is 6.64. The largest absolute Gasteiger partial charge is 0.453 e. The highest BCUT2D eigenvalue weighted by Gasteiger charge is 2.11. The van der Waals surface area contributed by atoms with Gasteiger partial charge in [-0.05, 0) is 0 Å². The number of hydrogen-bond donors (Lipinski definition) is 2. The molecule has 0 aliphatic heterocycles. The summed E-state index contributed by atoms with van der Waals surface area (Å²) in [5.41, 5.74) is 0. The van der Waals surface area contributed by atoms with Crippen molar-refractivity contribution in [3.63, 3.8) is 0 Å². The molecule has 0 aliphatic carbocycles. The first-order chi connectivity index (χ1) is 7.13. The second-order valence-electron chi connectivity index (χ2n) is 2.79. The Kier molecular flexibility index (Phi) is 7.21.